The van der Waals surface area contributed by atoms with Gasteiger partial charge in [-0.15, -0.1) is 0 Å². The molecular formula is C12H23N3. The Kier molecular flexibility index (Phi) is 4.33. The van der Waals surface area contributed by atoms with Crippen LogP contribution in [0.25, 0.3) is 0 Å². The van der Waals surface area contributed by atoms with E-state index in [0.29, 0.717) is 6.04 Å². The number of nitrogens with two attached hydrogens (primary N) is 1. The van der Waals surface area contributed by atoms with Crippen molar-refractivity contribution >= 4 is 0 Å². The molecule has 0 saturated heterocycles. The minimum atomic E-state index is 0.342. The number of aryl methyl sites for hydroxylation is 2. The third-order valence-corrected chi connectivity index (χ3v) is 3.08. The van der Waals surface area contributed by atoms with E-state index in [1.165, 1.54) is 17.7 Å². The highest BCUT2D eigenvalue weighted by Crippen LogP contribution is 2.15. The van der Waals surface area contributed by atoms with Gasteiger partial charge < -0.3 is 5.73 Å². The van der Waals surface area contributed by atoms with Crippen LogP contribution in [0, 0.1) is 13.8 Å². The monoisotopic (exact) mass is 209 g/mol. The van der Waals surface area contributed by atoms with Gasteiger partial charge in [0.25, 0.3) is 0 Å². The maximum atomic E-state index is 6.01. The fourth-order valence-corrected chi connectivity index (χ4v) is 2.02. The molecule has 0 aliphatic carbocycles. The summed E-state index contributed by atoms with van der Waals surface area (Å²) in [5.74, 6) is 0. The van der Waals surface area contributed by atoms with Crippen LogP contribution in [0.3, 0.4) is 0 Å². The molecule has 0 radical (unpaired) electrons. The minimum Gasteiger partial charge on any atom is -0.328 e. The number of aromatic nitrogens is 2. The molecule has 2 N–H and O–H groups in total. The van der Waals surface area contributed by atoms with E-state index in [0.717, 1.165) is 25.0 Å². The second-order valence-electron chi connectivity index (χ2n) is 4.36. The minimum absolute atomic E-state index is 0.342. The quantitative estimate of drug-likeness (QED) is 0.807. The van der Waals surface area contributed by atoms with Crippen molar-refractivity contribution in [2.45, 2.75) is 52.5 Å². The molecule has 3 heteroatoms. The maximum absolute atomic E-state index is 6.01. The second kappa shape index (κ2) is 5.31. The Morgan fingerprint density at radius 1 is 1.33 bits per heavy atom. The SMILES string of the molecule is CCCC(N)CCc1c(C)nn(C)c1C. The summed E-state index contributed by atoms with van der Waals surface area (Å²) in [7, 11) is 2.00. The van der Waals surface area contributed by atoms with Crippen LogP contribution in [0.1, 0.15) is 43.1 Å². The van der Waals surface area contributed by atoms with E-state index in [2.05, 4.69) is 25.9 Å². The van der Waals surface area contributed by atoms with Gasteiger partial charge in [0.15, 0.2) is 0 Å². The lowest BCUT2D eigenvalue weighted by Gasteiger charge is -2.09. The van der Waals surface area contributed by atoms with Crippen molar-refractivity contribution in [3.8, 4) is 0 Å². The van der Waals surface area contributed by atoms with Crippen LogP contribution in [-0.2, 0) is 13.5 Å². The average Bonchev–Trinajstić information content (AvgIpc) is 2.40. The van der Waals surface area contributed by atoms with Crippen LogP contribution in [0.4, 0.5) is 0 Å². The zero-order chi connectivity index (χ0) is 11.4. The van der Waals surface area contributed by atoms with Gasteiger partial charge in [-0.05, 0) is 38.7 Å². The van der Waals surface area contributed by atoms with Crippen molar-refractivity contribution in [3.05, 3.63) is 17.0 Å². The maximum Gasteiger partial charge on any atom is 0.0628 e. The van der Waals surface area contributed by atoms with Gasteiger partial charge in [-0.1, -0.05) is 13.3 Å². The summed E-state index contributed by atoms with van der Waals surface area (Å²) >= 11 is 0. The molecule has 1 heterocycles. The lowest BCUT2D eigenvalue weighted by molar-refractivity contribution is 0.559. The third kappa shape index (κ3) is 3.06. The van der Waals surface area contributed by atoms with Crippen LogP contribution < -0.4 is 5.73 Å². The van der Waals surface area contributed by atoms with E-state index in [1.807, 2.05) is 11.7 Å². The molecule has 1 aromatic heterocycles. The second-order valence-corrected chi connectivity index (χ2v) is 4.36. The molecule has 86 valence electrons. The summed E-state index contributed by atoms with van der Waals surface area (Å²) < 4.78 is 1.95. The Hall–Kier alpha value is -0.830. The number of hydrogen-bond acceptors (Lipinski definition) is 2. The van der Waals surface area contributed by atoms with Crippen LogP contribution in [0.5, 0.6) is 0 Å². The van der Waals surface area contributed by atoms with Crippen LogP contribution >= 0.6 is 0 Å². The highest BCUT2D eigenvalue weighted by Gasteiger charge is 2.10. The Balaban J connectivity index is 2.57. The summed E-state index contributed by atoms with van der Waals surface area (Å²) in [6, 6.07) is 0.342. The molecule has 1 atom stereocenters. The van der Waals surface area contributed by atoms with Crippen LogP contribution in [0.2, 0.25) is 0 Å². The van der Waals surface area contributed by atoms with E-state index in [-0.39, 0.29) is 0 Å². The average molecular weight is 209 g/mol. The normalized spacial score (nSPS) is 13.1. The van der Waals surface area contributed by atoms with E-state index in [4.69, 9.17) is 5.73 Å². The predicted octanol–water partition coefficient (Wildman–Crippen LogP) is 2.10. The van der Waals surface area contributed by atoms with Crippen molar-refractivity contribution in [1.29, 1.82) is 0 Å². The van der Waals surface area contributed by atoms with E-state index >= 15 is 0 Å². The molecule has 15 heavy (non-hydrogen) atoms. The highest BCUT2D eigenvalue weighted by molar-refractivity contribution is 5.24. The molecule has 0 spiro atoms. The number of hydrogen-bond donors (Lipinski definition) is 1. The largest absolute Gasteiger partial charge is 0.328 e. The van der Waals surface area contributed by atoms with E-state index < -0.39 is 0 Å². The van der Waals surface area contributed by atoms with Gasteiger partial charge in [0.1, 0.15) is 0 Å². The van der Waals surface area contributed by atoms with Crippen molar-refractivity contribution < 1.29 is 0 Å². The van der Waals surface area contributed by atoms with Crippen molar-refractivity contribution in [2.24, 2.45) is 12.8 Å². The predicted molar refractivity (Wildman–Crippen MR) is 63.9 cm³/mol. The lowest BCUT2D eigenvalue weighted by atomic mass is 10.0. The van der Waals surface area contributed by atoms with Gasteiger partial charge in [-0.25, -0.2) is 0 Å². The topological polar surface area (TPSA) is 43.8 Å². The third-order valence-electron chi connectivity index (χ3n) is 3.08. The zero-order valence-electron chi connectivity index (χ0n) is 10.4. The standard InChI is InChI=1S/C12H23N3/c1-5-6-11(13)7-8-12-9(2)14-15(4)10(12)3/h11H,5-8,13H2,1-4H3. The lowest BCUT2D eigenvalue weighted by Crippen LogP contribution is -2.20. The molecular weight excluding hydrogens is 186 g/mol. The molecule has 0 fully saturated rings. The molecule has 0 amide bonds. The van der Waals surface area contributed by atoms with Gasteiger partial charge in [0.05, 0.1) is 5.69 Å². The first-order valence-electron chi connectivity index (χ1n) is 5.80. The summed E-state index contributed by atoms with van der Waals surface area (Å²) in [4.78, 5) is 0. The first-order valence-corrected chi connectivity index (χ1v) is 5.80. The molecule has 1 aromatic rings. The van der Waals surface area contributed by atoms with Gasteiger partial charge in [-0.2, -0.15) is 5.10 Å². The summed E-state index contributed by atoms with van der Waals surface area (Å²) in [6.07, 6.45) is 4.43. The number of rotatable bonds is 5. The number of nitrogens with zero attached hydrogens (tertiary/aromatic N) is 2. The molecule has 3 nitrogen and oxygen atoms in total. The van der Waals surface area contributed by atoms with Crippen LogP contribution in [-0.4, -0.2) is 15.8 Å². The fraction of sp³-hybridized carbons (Fsp3) is 0.750. The highest BCUT2D eigenvalue weighted by atomic mass is 15.3. The van der Waals surface area contributed by atoms with Crippen molar-refractivity contribution in [3.63, 3.8) is 0 Å². The van der Waals surface area contributed by atoms with Gasteiger partial charge in [0, 0.05) is 18.8 Å². The van der Waals surface area contributed by atoms with Crippen molar-refractivity contribution in [1.82, 2.24) is 9.78 Å². The van der Waals surface area contributed by atoms with E-state index in [1.54, 1.807) is 0 Å². The molecule has 0 aliphatic heterocycles. The zero-order valence-corrected chi connectivity index (χ0v) is 10.4. The van der Waals surface area contributed by atoms with Gasteiger partial charge >= 0.3 is 0 Å². The summed E-state index contributed by atoms with van der Waals surface area (Å²) in [5.41, 5.74) is 9.82. The van der Waals surface area contributed by atoms with Crippen molar-refractivity contribution in [2.75, 3.05) is 0 Å². The Labute approximate surface area is 92.7 Å². The van der Waals surface area contributed by atoms with Gasteiger partial charge in [-0.3, -0.25) is 4.68 Å². The van der Waals surface area contributed by atoms with E-state index in [9.17, 15) is 0 Å². The smallest absolute Gasteiger partial charge is 0.0628 e. The fourth-order valence-electron chi connectivity index (χ4n) is 2.02. The van der Waals surface area contributed by atoms with Gasteiger partial charge in [0.2, 0.25) is 0 Å². The van der Waals surface area contributed by atoms with Crippen LogP contribution in [0.15, 0.2) is 0 Å². The molecule has 0 aliphatic rings. The molecule has 1 unspecified atom stereocenters. The Morgan fingerprint density at radius 2 is 2.00 bits per heavy atom. The molecule has 0 bridgehead atoms. The molecule has 0 saturated carbocycles. The summed E-state index contributed by atoms with van der Waals surface area (Å²) in [6.45, 7) is 6.38. The summed E-state index contributed by atoms with van der Waals surface area (Å²) in [5, 5.41) is 4.41. The Bertz CT molecular complexity index is 315. The first-order chi connectivity index (χ1) is 7.06. The molecule has 1 rings (SSSR count). The Morgan fingerprint density at radius 3 is 2.47 bits per heavy atom. The molecule has 0 aromatic carbocycles. The first kappa shape index (κ1) is 12.2.